The highest BCUT2D eigenvalue weighted by atomic mass is 19.1. The molecule has 1 amide bonds. The molecule has 4 unspecified atom stereocenters. The van der Waals surface area contributed by atoms with E-state index in [1.54, 1.807) is 0 Å². The minimum atomic E-state index is -3.45. The first-order valence-electron chi connectivity index (χ1n) is 16.6. The van der Waals surface area contributed by atoms with Gasteiger partial charge in [0.05, 0.1) is 43.5 Å². The molecular formula is C31H49FN2O21. The number of nitrogens with one attached hydrogen (secondary N) is 1. The van der Waals surface area contributed by atoms with Crippen molar-refractivity contribution in [3.05, 3.63) is 34.4 Å². The van der Waals surface area contributed by atoms with Crippen molar-refractivity contribution in [2.24, 2.45) is 0 Å². The lowest BCUT2D eigenvalue weighted by atomic mass is 9.96. The lowest BCUT2D eigenvalue weighted by molar-refractivity contribution is -0.384. The molecule has 12 N–H and O–H groups in total. The van der Waals surface area contributed by atoms with E-state index >= 15 is 0 Å². The van der Waals surface area contributed by atoms with Gasteiger partial charge < -0.3 is 89.9 Å². The summed E-state index contributed by atoms with van der Waals surface area (Å²) in [6.45, 7) is -3.33. The Hall–Kier alpha value is -3.31. The van der Waals surface area contributed by atoms with Crippen molar-refractivity contribution in [1.29, 1.82) is 0 Å². The van der Waals surface area contributed by atoms with Crippen molar-refractivity contribution in [2.45, 2.75) is 112 Å². The molecule has 23 nitrogen and oxygen atoms in total. The van der Waals surface area contributed by atoms with Crippen LogP contribution in [0.5, 0.6) is 5.75 Å². The van der Waals surface area contributed by atoms with Crippen LogP contribution in [0.25, 0.3) is 0 Å². The molecule has 0 spiro atoms. The second kappa shape index (κ2) is 21.8. The smallest absolute Gasteiger partial charge is 0.367 e. The number of alkyl halides is 1. The Bertz CT molecular complexity index is 1340. The minimum absolute atomic E-state index is 0.0277. The molecule has 1 saturated heterocycles. The maximum atomic E-state index is 14.5. The lowest BCUT2D eigenvalue weighted by Gasteiger charge is -2.43. The first-order chi connectivity index (χ1) is 25.8. The van der Waals surface area contributed by atoms with Crippen LogP contribution in [0, 0.1) is 10.1 Å². The van der Waals surface area contributed by atoms with Gasteiger partial charge in [-0.05, 0) is 26.0 Å². The van der Waals surface area contributed by atoms with E-state index in [9.17, 15) is 80.3 Å². The van der Waals surface area contributed by atoms with E-state index in [0.29, 0.717) is 0 Å². The first-order valence-corrected chi connectivity index (χ1v) is 16.6. The summed E-state index contributed by atoms with van der Waals surface area (Å²) >= 11 is 0. The number of ether oxygens (including phenoxy) is 6. The Balaban J connectivity index is 2.26. The third-order valence-corrected chi connectivity index (χ3v) is 8.20. The average Bonchev–Trinajstić information content (AvgIpc) is 3.14. The van der Waals surface area contributed by atoms with E-state index in [1.165, 1.54) is 12.1 Å². The van der Waals surface area contributed by atoms with Gasteiger partial charge >= 0.3 is 5.97 Å². The molecule has 1 aliphatic heterocycles. The maximum absolute atomic E-state index is 14.5. The molecule has 0 bridgehead atoms. The van der Waals surface area contributed by atoms with Crippen molar-refractivity contribution in [3.8, 4) is 5.75 Å². The summed E-state index contributed by atoms with van der Waals surface area (Å²) in [5.41, 5.74) is -0.272. The van der Waals surface area contributed by atoms with E-state index in [0.717, 1.165) is 32.9 Å². The van der Waals surface area contributed by atoms with Gasteiger partial charge in [-0.2, -0.15) is 0 Å². The number of hydrogen-bond acceptors (Lipinski definition) is 20. The summed E-state index contributed by atoms with van der Waals surface area (Å²) in [6, 6.07) is 2.81. The van der Waals surface area contributed by atoms with Crippen LogP contribution in [0.2, 0.25) is 0 Å². The molecule has 55 heavy (non-hydrogen) atoms. The highest BCUT2D eigenvalue weighted by Gasteiger charge is 2.51. The Morgan fingerprint density at radius 3 is 2.07 bits per heavy atom. The van der Waals surface area contributed by atoms with Crippen LogP contribution in [-0.4, -0.2) is 198 Å². The topological polar surface area (TPSA) is 367 Å². The van der Waals surface area contributed by atoms with Gasteiger partial charge in [-0.25, -0.2) is 9.18 Å². The zero-order valence-electron chi connectivity index (χ0n) is 29.8. The van der Waals surface area contributed by atoms with Gasteiger partial charge in [0, 0.05) is 19.1 Å². The number of carbonyl (C=O) groups excluding carboxylic acids is 1. The van der Waals surface area contributed by atoms with Crippen LogP contribution in [0.15, 0.2) is 24.3 Å². The highest BCUT2D eigenvalue weighted by Crippen LogP contribution is 2.29. The van der Waals surface area contributed by atoms with Gasteiger partial charge in [0.25, 0.3) is 11.5 Å². The van der Waals surface area contributed by atoms with Crippen LogP contribution >= 0.6 is 0 Å². The van der Waals surface area contributed by atoms with Crippen LogP contribution in [0.1, 0.15) is 20.8 Å². The SMILES string of the molecule is CC(=O)N[C@@H](C(O[C@@](CF)(OC[C@@H](O)C(CO)O[C@@H](O[C@@H]1C(CO)O[C@@H](Oc2ccc([N+](=O)[O-])cc2)C(O)[C@H]1O)[C@H](C)O)C(=O)O)[C@H](O)[C@H](O)CO)[C@@H](C)O. The summed E-state index contributed by atoms with van der Waals surface area (Å²) in [5.74, 6) is -6.54. The van der Waals surface area contributed by atoms with E-state index in [2.05, 4.69) is 5.32 Å². The largest absolute Gasteiger partial charge is 0.477 e. The van der Waals surface area contributed by atoms with E-state index in [4.69, 9.17) is 28.4 Å². The molecule has 1 aromatic carbocycles. The van der Waals surface area contributed by atoms with E-state index in [1.807, 2.05) is 0 Å². The number of hydrogen-bond donors (Lipinski definition) is 12. The third kappa shape index (κ3) is 12.9. The molecule has 2 rings (SSSR count). The molecule has 316 valence electrons. The fourth-order valence-corrected chi connectivity index (χ4v) is 5.16. The number of benzene rings is 1. The van der Waals surface area contributed by atoms with Crippen molar-refractivity contribution in [1.82, 2.24) is 5.32 Å². The number of carboxylic acid groups (broad SMARTS) is 1. The van der Waals surface area contributed by atoms with Crippen LogP contribution in [0.3, 0.4) is 0 Å². The number of nitro benzene ring substituents is 1. The number of nitro groups is 1. The van der Waals surface area contributed by atoms with E-state index < -0.39 is 141 Å². The number of rotatable bonds is 24. The molecule has 15 atom stereocenters. The maximum Gasteiger partial charge on any atom is 0.367 e. The first kappa shape index (κ1) is 47.8. The summed E-state index contributed by atoms with van der Waals surface area (Å²) < 4.78 is 46.9. The summed E-state index contributed by atoms with van der Waals surface area (Å²) in [4.78, 5) is 34.4. The number of halogens is 1. The lowest BCUT2D eigenvalue weighted by Crippen LogP contribution is -2.63. The molecule has 1 aliphatic rings. The van der Waals surface area contributed by atoms with Gasteiger partial charge in [0.1, 0.15) is 66.8 Å². The van der Waals surface area contributed by atoms with Gasteiger partial charge in [-0.15, -0.1) is 0 Å². The van der Waals surface area contributed by atoms with Gasteiger partial charge in [0.2, 0.25) is 12.2 Å². The second-order valence-electron chi connectivity index (χ2n) is 12.5. The Morgan fingerprint density at radius 1 is 1.00 bits per heavy atom. The molecule has 0 saturated carbocycles. The third-order valence-electron chi connectivity index (χ3n) is 8.20. The van der Waals surface area contributed by atoms with Crippen molar-refractivity contribution in [2.75, 3.05) is 33.1 Å². The Labute approximate surface area is 312 Å². The molecule has 1 aromatic rings. The number of carbonyl (C=O) groups is 2. The van der Waals surface area contributed by atoms with Gasteiger partial charge in [-0.3, -0.25) is 14.9 Å². The van der Waals surface area contributed by atoms with Crippen LogP contribution in [0.4, 0.5) is 10.1 Å². The number of aliphatic hydroxyl groups is 10. The summed E-state index contributed by atoms with van der Waals surface area (Å²) in [5, 5.41) is 126. The van der Waals surface area contributed by atoms with E-state index in [-0.39, 0.29) is 11.4 Å². The fourth-order valence-electron chi connectivity index (χ4n) is 5.16. The number of carboxylic acids is 1. The number of aliphatic carboxylic acids is 1. The molecule has 0 aliphatic carbocycles. The quantitative estimate of drug-likeness (QED) is 0.0264. The van der Waals surface area contributed by atoms with Gasteiger partial charge in [-0.1, -0.05) is 0 Å². The molecule has 0 aromatic heterocycles. The monoisotopic (exact) mass is 804 g/mol. The van der Waals surface area contributed by atoms with Crippen LogP contribution < -0.4 is 10.1 Å². The second-order valence-corrected chi connectivity index (χ2v) is 12.5. The summed E-state index contributed by atoms with van der Waals surface area (Å²) in [6.07, 6.45) is -24.5. The number of aliphatic hydroxyl groups excluding tert-OH is 10. The van der Waals surface area contributed by atoms with Crippen molar-refractivity contribution < 1.29 is 103 Å². The average molecular weight is 805 g/mol. The Morgan fingerprint density at radius 2 is 1.62 bits per heavy atom. The van der Waals surface area contributed by atoms with Crippen molar-refractivity contribution >= 4 is 17.6 Å². The molecule has 0 radical (unpaired) electrons. The molecular weight excluding hydrogens is 755 g/mol. The summed E-state index contributed by atoms with van der Waals surface area (Å²) in [7, 11) is 0. The predicted octanol–water partition coefficient (Wildman–Crippen LogP) is -5.01. The fraction of sp³-hybridized carbons (Fsp3) is 0.742. The number of nitrogens with zero attached hydrogens (tertiary/aromatic N) is 1. The molecule has 1 heterocycles. The Kier molecular flexibility index (Phi) is 19.0. The predicted molar refractivity (Wildman–Crippen MR) is 175 cm³/mol. The number of non-ortho nitro benzene ring substituents is 1. The molecule has 1 fully saturated rings. The standard InChI is InChI=1S/C31H49FN2O21/c1-13(38)22(33-15(3)40)27(23(43)18(41)8-35)55-31(12-32,30(46)47)50-11-19(42)20(9-36)52-28(14(2)39)54-26-21(10-37)53-29(25(45)24(26)44)51-17-6-4-16(5-7-17)34(48)49/h4-7,13-14,18-29,35-39,41-45H,8-12H2,1-3H3,(H,33,40)(H,46,47)/t13-,14+,18-,19-,20?,21?,22-,23-,24-,25?,26-,27?,28+,29-,31-/m1/s1. The van der Waals surface area contributed by atoms with Crippen molar-refractivity contribution in [3.63, 3.8) is 0 Å². The van der Waals surface area contributed by atoms with Gasteiger partial charge in [0.15, 0.2) is 13.0 Å². The molecule has 24 heteroatoms. The minimum Gasteiger partial charge on any atom is -0.477 e. The zero-order chi connectivity index (χ0) is 41.8. The number of amides is 1. The zero-order valence-corrected chi connectivity index (χ0v) is 29.8. The highest BCUT2D eigenvalue weighted by molar-refractivity contribution is 5.76. The normalized spacial score (nSPS) is 26.3. The van der Waals surface area contributed by atoms with Crippen LogP contribution in [-0.2, 0) is 33.3 Å².